The lowest BCUT2D eigenvalue weighted by Gasteiger charge is -2.29. The predicted molar refractivity (Wildman–Crippen MR) is 94.4 cm³/mol. The van der Waals surface area contributed by atoms with Crippen molar-refractivity contribution in [2.75, 3.05) is 24.2 Å². The van der Waals surface area contributed by atoms with E-state index in [0.29, 0.717) is 25.1 Å². The van der Waals surface area contributed by atoms with Gasteiger partial charge in [-0.25, -0.2) is 18.0 Å². The number of aryl methyl sites for hydroxylation is 1. The van der Waals surface area contributed by atoms with Gasteiger partial charge in [-0.15, -0.1) is 0 Å². The molecular formula is C16H21N3O6S. The summed E-state index contributed by atoms with van der Waals surface area (Å²) in [5, 5.41) is 4.24. The normalized spacial score (nSPS) is 14.8. The zero-order valence-corrected chi connectivity index (χ0v) is 15.6. The highest BCUT2D eigenvalue weighted by Gasteiger charge is 2.26. The maximum atomic E-state index is 12.2. The molecule has 0 saturated carbocycles. The van der Waals surface area contributed by atoms with Crippen LogP contribution in [0.15, 0.2) is 18.2 Å². The molecule has 9 nitrogen and oxygen atoms in total. The van der Waals surface area contributed by atoms with E-state index in [0.717, 1.165) is 11.8 Å². The molecule has 1 aromatic rings. The van der Waals surface area contributed by atoms with Crippen LogP contribution >= 0.6 is 0 Å². The molecule has 1 aliphatic heterocycles. The van der Waals surface area contributed by atoms with E-state index < -0.39 is 34.0 Å². The van der Waals surface area contributed by atoms with Crippen LogP contribution in [0.25, 0.3) is 0 Å². The number of carbonyl (C=O) groups excluding carboxylic acids is 3. The van der Waals surface area contributed by atoms with E-state index in [-0.39, 0.29) is 5.56 Å². The fourth-order valence-corrected chi connectivity index (χ4v) is 3.59. The highest BCUT2D eigenvalue weighted by molar-refractivity contribution is 7.92. The van der Waals surface area contributed by atoms with Crippen LogP contribution in [-0.2, 0) is 26.0 Å². The molecule has 1 atom stereocenters. The van der Waals surface area contributed by atoms with Gasteiger partial charge in [0.05, 0.1) is 17.5 Å². The number of hydrogen-bond acceptors (Lipinski definition) is 6. The Morgan fingerprint density at radius 1 is 1.27 bits per heavy atom. The number of esters is 1. The van der Waals surface area contributed by atoms with Gasteiger partial charge in [-0.2, -0.15) is 0 Å². The van der Waals surface area contributed by atoms with Gasteiger partial charge in [0.1, 0.15) is 0 Å². The maximum absolute atomic E-state index is 12.2. The van der Waals surface area contributed by atoms with Gasteiger partial charge in [0, 0.05) is 13.6 Å². The molecule has 0 unspecified atom stereocenters. The van der Waals surface area contributed by atoms with Crippen LogP contribution in [0, 0.1) is 0 Å². The van der Waals surface area contributed by atoms with Gasteiger partial charge in [0.25, 0.3) is 5.91 Å². The van der Waals surface area contributed by atoms with Gasteiger partial charge >= 0.3 is 12.0 Å². The number of rotatable bonds is 4. The van der Waals surface area contributed by atoms with Crippen molar-refractivity contribution in [1.29, 1.82) is 0 Å². The van der Waals surface area contributed by atoms with Crippen molar-refractivity contribution in [1.82, 2.24) is 10.6 Å². The summed E-state index contributed by atoms with van der Waals surface area (Å²) in [6, 6.07) is 3.88. The van der Waals surface area contributed by atoms with Gasteiger partial charge in [-0.3, -0.25) is 14.4 Å². The monoisotopic (exact) mass is 383 g/mol. The molecule has 0 fully saturated rings. The van der Waals surface area contributed by atoms with Crippen LogP contribution in [-0.4, -0.2) is 52.3 Å². The lowest BCUT2D eigenvalue weighted by molar-refractivity contribution is -0.127. The van der Waals surface area contributed by atoms with Crippen molar-refractivity contribution in [3.63, 3.8) is 0 Å². The third-order valence-corrected chi connectivity index (χ3v) is 5.09. The number of benzene rings is 1. The van der Waals surface area contributed by atoms with E-state index in [1.54, 1.807) is 12.1 Å². The van der Waals surface area contributed by atoms with Crippen LogP contribution in [0.4, 0.5) is 10.5 Å². The summed E-state index contributed by atoms with van der Waals surface area (Å²) < 4.78 is 30.1. The van der Waals surface area contributed by atoms with Gasteiger partial charge < -0.3 is 10.1 Å². The summed E-state index contributed by atoms with van der Waals surface area (Å²) in [7, 11) is -2.04. The Balaban J connectivity index is 2.14. The number of nitrogens with zero attached hydrogens (tertiary/aromatic N) is 1. The Morgan fingerprint density at radius 3 is 2.58 bits per heavy atom. The van der Waals surface area contributed by atoms with E-state index in [2.05, 4.69) is 5.32 Å². The number of amides is 3. The quantitative estimate of drug-likeness (QED) is 0.726. The molecule has 1 heterocycles. The number of hydrogen-bond donors (Lipinski definition) is 2. The summed E-state index contributed by atoms with van der Waals surface area (Å²) in [4.78, 5) is 35.1. The fourth-order valence-electron chi connectivity index (χ4n) is 2.59. The Bertz CT molecular complexity index is 836. The van der Waals surface area contributed by atoms with Crippen molar-refractivity contribution >= 4 is 33.6 Å². The van der Waals surface area contributed by atoms with Gasteiger partial charge in [0.15, 0.2) is 6.10 Å². The summed E-state index contributed by atoms with van der Waals surface area (Å²) in [6.45, 7) is 1.74. The Kier molecular flexibility index (Phi) is 5.86. The number of sulfonamides is 1. The van der Waals surface area contributed by atoms with Crippen molar-refractivity contribution in [2.24, 2.45) is 0 Å². The molecular weight excluding hydrogens is 362 g/mol. The van der Waals surface area contributed by atoms with E-state index in [1.807, 2.05) is 5.32 Å². The minimum atomic E-state index is -3.39. The number of nitrogens with one attached hydrogen (secondary N) is 2. The van der Waals surface area contributed by atoms with Gasteiger partial charge in [-0.1, -0.05) is 0 Å². The van der Waals surface area contributed by atoms with Crippen LogP contribution in [0.2, 0.25) is 0 Å². The summed E-state index contributed by atoms with van der Waals surface area (Å²) in [6.07, 6.45) is 1.25. The minimum Gasteiger partial charge on any atom is -0.449 e. The molecule has 10 heteroatoms. The first-order chi connectivity index (χ1) is 12.1. The molecule has 26 heavy (non-hydrogen) atoms. The van der Waals surface area contributed by atoms with Crippen molar-refractivity contribution in [3.8, 4) is 0 Å². The maximum Gasteiger partial charge on any atom is 0.338 e. The molecule has 0 radical (unpaired) electrons. The van der Waals surface area contributed by atoms with Crippen LogP contribution in [0.1, 0.15) is 29.3 Å². The first kappa shape index (κ1) is 19.7. The lowest BCUT2D eigenvalue weighted by atomic mass is 10.0. The van der Waals surface area contributed by atoms with Gasteiger partial charge in [0.2, 0.25) is 10.0 Å². The smallest absolute Gasteiger partial charge is 0.338 e. The molecule has 0 bridgehead atoms. The molecule has 0 aliphatic carbocycles. The molecule has 0 spiro atoms. The molecule has 1 aromatic carbocycles. The number of urea groups is 1. The van der Waals surface area contributed by atoms with Crippen molar-refractivity contribution in [3.05, 3.63) is 29.3 Å². The standard InChI is InChI=1S/C16H21N3O6S/c1-10(14(20)18-16(22)17-2)25-15(21)12-6-7-13-11(9-12)5-4-8-19(13)26(3,23)24/h6-7,9-10H,4-5,8H2,1-3H3,(H2,17,18,20,22)/t10-/m0/s1. The van der Waals surface area contributed by atoms with Crippen LogP contribution < -0.4 is 14.9 Å². The summed E-state index contributed by atoms with van der Waals surface area (Å²) in [5.41, 5.74) is 1.47. The number of fused-ring (bicyclic) bond motifs is 1. The molecule has 0 aromatic heterocycles. The highest BCUT2D eigenvalue weighted by atomic mass is 32.2. The SMILES string of the molecule is CNC(=O)NC(=O)[C@H](C)OC(=O)c1ccc2c(c1)CCCN2S(C)(=O)=O. The van der Waals surface area contributed by atoms with Crippen molar-refractivity contribution < 1.29 is 27.5 Å². The number of imide groups is 1. The average Bonchev–Trinajstić information content (AvgIpc) is 2.59. The second kappa shape index (κ2) is 7.73. The molecule has 3 amide bonds. The van der Waals surface area contributed by atoms with Crippen molar-refractivity contribution in [2.45, 2.75) is 25.9 Å². The molecule has 2 N–H and O–H groups in total. The third-order valence-electron chi connectivity index (χ3n) is 3.91. The van der Waals surface area contributed by atoms with Gasteiger partial charge in [-0.05, 0) is 43.5 Å². The zero-order chi connectivity index (χ0) is 19.5. The first-order valence-electron chi connectivity index (χ1n) is 7.97. The van der Waals surface area contributed by atoms with E-state index in [9.17, 15) is 22.8 Å². The number of anilines is 1. The summed E-state index contributed by atoms with van der Waals surface area (Å²) in [5.74, 6) is -1.48. The molecule has 0 saturated heterocycles. The summed E-state index contributed by atoms with van der Waals surface area (Å²) >= 11 is 0. The molecule has 1 aliphatic rings. The zero-order valence-electron chi connectivity index (χ0n) is 14.7. The Hall–Kier alpha value is -2.62. The predicted octanol–water partition coefficient (Wildman–Crippen LogP) is 0.400. The first-order valence-corrected chi connectivity index (χ1v) is 9.82. The minimum absolute atomic E-state index is 0.207. The molecule has 2 rings (SSSR count). The number of carbonyl (C=O) groups is 3. The lowest BCUT2D eigenvalue weighted by Crippen LogP contribution is -2.43. The second-order valence-corrected chi connectivity index (χ2v) is 7.80. The topological polar surface area (TPSA) is 122 Å². The van der Waals surface area contributed by atoms with E-state index >= 15 is 0 Å². The van der Waals surface area contributed by atoms with E-state index in [1.165, 1.54) is 24.3 Å². The van der Waals surface area contributed by atoms with Crippen LogP contribution in [0.3, 0.4) is 0 Å². The average molecular weight is 383 g/mol. The Morgan fingerprint density at radius 2 is 1.96 bits per heavy atom. The Labute approximate surface area is 151 Å². The highest BCUT2D eigenvalue weighted by Crippen LogP contribution is 2.30. The fraction of sp³-hybridized carbons (Fsp3) is 0.438. The number of ether oxygens (including phenoxy) is 1. The third kappa shape index (κ3) is 4.51. The largest absolute Gasteiger partial charge is 0.449 e. The second-order valence-electron chi connectivity index (χ2n) is 5.90. The molecule has 142 valence electrons. The van der Waals surface area contributed by atoms with E-state index in [4.69, 9.17) is 4.74 Å². The van der Waals surface area contributed by atoms with Crippen LogP contribution in [0.5, 0.6) is 0 Å².